The Morgan fingerprint density at radius 1 is 1.35 bits per heavy atom. The quantitative estimate of drug-likeness (QED) is 0.652. The molecule has 2 nitrogen and oxygen atoms in total. The Balaban J connectivity index is 2.09. The van der Waals surface area contributed by atoms with E-state index in [1.165, 1.54) is 6.42 Å². The molecule has 0 amide bonds. The summed E-state index contributed by atoms with van der Waals surface area (Å²) in [5.41, 5.74) is -0.831. The summed E-state index contributed by atoms with van der Waals surface area (Å²) >= 11 is 0. The van der Waals surface area contributed by atoms with Gasteiger partial charge in [0.1, 0.15) is 5.60 Å². The molecule has 17 heavy (non-hydrogen) atoms. The molecular formula is C15H22O2. The van der Waals surface area contributed by atoms with E-state index in [0.29, 0.717) is 17.6 Å². The van der Waals surface area contributed by atoms with Crippen LogP contribution in [0.3, 0.4) is 0 Å². The maximum absolute atomic E-state index is 12.8. The highest BCUT2D eigenvalue weighted by Crippen LogP contribution is 2.56. The van der Waals surface area contributed by atoms with Crippen LogP contribution in [0.5, 0.6) is 0 Å². The van der Waals surface area contributed by atoms with E-state index in [-0.39, 0.29) is 17.4 Å². The Morgan fingerprint density at radius 2 is 2.06 bits per heavy atom. The van der Waals surface area contributed by atoms with E-state index in [1.807, 2.05) is 6.08 Å². The van der Waals surface area contributed by atoms with Gasteiger partial charge in [-0.25, -0.2) is 0 Å². The molecule has 2 fully saturated rings. The van der Waals surface area contributed by atoms with Crippen molar-refractivity contribution in [2.75, 3.05) is 0 Å². The number of hydrogen-bond donors (Lipinski definition) is 0. The highest BCUT2D eigenvalue weighted by molar-refractivity contribution is 5.94. The third-order valence-corrected chi connectivity index (χ3v) is 5.31. The summed E-state index contributed by atoms with van der Waals surface area (Å²) in [6, 6.07) is 0. The lowest BCUT2D eigenvalue weighted by atomic mass is 9.70. The van der Waals surface area contributed by atoms with E-state index in [2.05, 4.69) is 33.8 Å². The normalized spacial score (nSPS) is 52.3. The number of hydrogen-bond acceptors (Lipinski definition) is 2. The summed E-state index contributed by atoms with van der Waals surface area (Å²) in [5, 5.41) is 0. The Bertz CT molecular complexity index is 398. The Labute approximate surface area is 103 Å². The summed E-state index contributed by atoms with van der Waals surface area (Å²) in [4.78, 5) is 12.8. The van der Waals surface area contributed by atoms with E-state index < -0.39 is 5.60 Å². The van der Waals surface area contributed by atoms with Crippen molar-refractivity contribution in [3.05, 3.63) is 12.2 Å². The van der Waals surface area contributed by atoms with Gasteiger partial charge >= 0.3 is 0 Å². The average molecular weight is 234 g/mol. The lowest BCUT2D eigenvalue weighted by molar-refractivity contribution is -0.190. The Morgan fingerprint density at radius 3 is 2.71 bits per heavy atom. The molecule has 0 aromatic carbocycles. The summed E-state index contributed by atoms with van der Waals surface area (Å²) in [7, 11) is 0. The van der Waals surface area contributed by atoms with Crippen molar-refractivity contribution >= 4 is 5.78 Å². The Hall–Kier alpha value is -0.630. The van der Waals surface area contributed by atoms with Crippen LogP contribution in [0.1, 0.15) is 40.5 Å². The first kappa shape index (κ1) is 11.5. The van der Waals surface area contributed by atoms with Crippen LogP contribution in [0.25, 0.3) is 0 Å². The Kier molecular flexibility index (Phi) is 2.17. The number of fused-ring (bicyclic) bond motifs is 4. The molecule has 2 heteroatoms. The molecule has 0 spiro atoms. The van der Waals surface area contributed by atoms with E-state index in [1.54, 1.807) is 0 Å². The molecule has 0 unspecified atom stereocenters. The van der Waals surface area contributed by atoms with Gasteiger partial charge in [-0.1, -0.05) is 26.8 Å². The highest BCUT2D eigenvalue weighted by atomic mass is 16.5. The van der Waals surface area contributed by atoms with Gasteiger partial charge in [0.15, 0.2) is 5.78 Å². The number of ketones is 1. The van der Waals surface area contributed by atoms with Gasteiger partial charge in [-0.15, -0.1) is 0 Å². The van der Waals surface area contributed by atoms with Crippen LogP contribution < -0.4 is 0 Å². The van der Waals surface area contributed by atoms with Gasteiger partial charge in [-0.05, 0) is 37.7 Å². The second-order valence-corrected chi connectivity index (χ2v) is 6.62. The molecule has 3 rings (SSSR count). The van der Waals surface area contributed by atoms with Crippen LogP contribution in [0.15, 0.2) is 12.2 Å². The molecule has 0 aromatic rings. The molecule has 1 saturated heterocycles. The number of carbonyl (C=O) groups is 1. The van der Waals surface area contributed by atoms with E-state index in [9.17, 15) is 4.79 Å². The highest BCUT2D eigenvalue weighted by Gasteiger charge is 2.63. The van der Waals surface area contributed by atoms with Gasteiger partial charge in [0.25, 0.3) is 0 Å². The molecule has 1 saturated carbocycles. The van der Waals surface area contributed by atoms with Crippen molar-refractivity contribution in [1.29, 1.82) is 0 Å². The maximum Gasteiger partial charge on any atom is 0.172 e. The van der Waals surface area contributed by atoms with Crippen molar-refractivity contribution in [1.82, 2.24) is 0 Å². The van der Waals surface area contributed by atoms with E-state index >= 15 is 0 Å². The molecule has 0 N–H and O–H groups in total. The second kappa shape index (κ2) is 3.23. The summed E-state index contributed by atoms with van der Waals surface area (Å²) in [5.74, 6) is 1.70. The van der Waals surface area contributed by atoms with Gasteiger partial charge in [0.2, 0.25) is 0 Å². The minimum atomic E-state index is -0.630. The van der Waals surface area contributed by atoms with E-state index in [0.717, 1.165) is 6.42 Å². The molecule has 0 aromatic heterocycles. The summed E-state index contributed by atoms with van der Waals surface area (Å²) in [6.07, 6.45) is 6.51. The standard InChI is InChI=1S/C15H22O2/c1-9(2)15-8-7-14(4,17-15)11-6-5-10(3)12(11)13(15)16/h7-12H,5-6H2,1-4H3/t10-,11-,12-,14-,15-/m1/s1. The number of Topliss-reactive ketones (excluding diaryl/α,β-unsaturated/α-hetero) is 1. The van der Waals surface area contributed by atoms with Crippen LogP contribution in [0, 0.1) is 23.7 Å². The van der Waals surface area contributed by atoms with Crippen molar-refractivity contribution in [2.24, 2.45) is 23.7 Å². The molecular weight excluding hydrogens is 212 g/mol. The maximum atomic E-state index is 12.8. The van der Waals surface area contributed by atoms with Gasteiger partial charge in [0, 0.05) is 11.8 Å². The van der Waals surface area contributed by atoms with Crippen LogP contribution in [-0.2, 0) is 9.53 Å². The number of rotatable bonds is 1. The SMILES string of the molecule is CC(C)[C@@]12C=C[C@@](C)(O1)[C@@H]1CC[C@@H](C)[C@H]1C2=O. The lowest BCUT2D eigenvalue weighted by Crippen LogP contribution is -2.58. The molecule has 0 radical (unpaired) electrons. The minimum Gasteiger partial charge on any atom is -0.352 e. The average Bonchev–Trinajstić information content (AvgIpc) is 2.78. The fraction of sp³-hybridized carbons (Fsp3) is 0.800. The molecule has 2 heterocycles. The van der Waals surface area contributed by atoms with Gasteiger partial charge in [-0.2, -0.15) is 0 Å². The molecule has 2 bridgehead atoms. The van der Waals surface area contributed by atoms with Crippen molar-refractivity contribution in [2.45, 2.75) is 51.7 Å². The monoisotopic (exact) mass is 234 g/mol. The number of carbonyl (C=O) groups excluding carboxylic acids is 1. The molecule has 3 aliphatic rings. The van der Waals surface area contributed by atoms with Crippen LogP contribution in [0.2, 0.25) is 0 Å². The second-order valence-electron chi connectivity index (χ2n) is 6.62. The van der Waals surface area contributed by atoms with Crippen molar-refractivity contribution in [3.63, 3.8) is 0 Å². The lowest BCUT2D eigenvalue weighted by Gasteiger charge is -2.47. The first-order chi connectivity index (χ1) is 7.91. The zero-order chi connectivity index (χ0) is 12.4. The molecule has 2 aliphatic heterocycles. The first-order valence-electron chi connectivity index (χ1n) is 6.85. The van der Waals surface area contributed by atoms with Crippen molar-refractivity contribution < 1.29 is 9.53 Å². The third-order valence-electron chi connectivity index (χ3n) is 5.31. The molecule has 1 aliphatic carbocycles. The number of ether oxygens (including phenoxy) is 1. The van der Waals surface area contributed by atoms with Crippen molar-refractivity contribution in [3.8, 4) is 0 Å². The van der Waals surface area contributed by atoms with Gasteiger partial charge < -0.3 is 4.74 Å². The van der Waals surface area contributed by atoms with Crippen LogP contribution in [0.4, 0.5) is 0 Å². The van der Waals surface area contributed by atoms with Crippen LogP contribution >= 0.6 is 0 Å². The summed E-state index contributed by atoms with van der Waals surface area (Å²) < 4.78 is 6.25. The largest absolute Gasteiger partial charge is 0.352 e. The summed E-state index contributed by atoms with van der Waals surface area (Å²) in [6.45, 7) is 8.57. The van der Waals surface area contributed by atoms with E-state index in [4.69, 9.17) is 4.74 Å². The van der Waals surface area contributed by atoms with Crippen LogP contribution in [-0.4, -0.2) is 17.0 Å². The third kappa shape index (κ3) is 1.22. The molecule has 94 valence electrons. The fourth-order valence-electron chi connectivity index (χ4n) is 4.19. The predicted octanol–water partition coefficient (Wildman–Crippen LogP) is 2.97. The van der Waals surface area contributed by atoms with Gasteiger partial charge in [-0.3, -0.25) is 4.79 Å². The topological polar surface area (TPSA) is 26.3 Å². The minimum absolute atomic E-state index is 0.201. The smallest absolute Gasteiger partial charge is 0.172 e. The fourth-order valence-corrected chi connectivity index (χ4v) is 4.19. The first-order valence-corrected chi connectivity index (χ1v) is 6.85. The zero-order valence-corrected chi connectivity index (χ0v) is 11.2. The predicted molar refractivity (Wildman–Crippen MR) is 66.6 cm³/mol. The van der Waals surface area contributed by atoms with Gasteiger partial charge in [0.05, 0.1) is 5.60 Å². The zero-order valence-electron chi connectivity index (χ0n) is 11.2. The molecule has 5 atom stereocenters.